The zero-order valence-electron chi connectivity index (χ0n) is 3.76. The number of halogens is 1. The van der Waals surface area contributed by atoms with Crippen molar-refractivity contribution in [2.24, 2.45) is 0 Å². The van der Waals surface area contributed by atoms with Gasteiger partial charge in [-0.05, 0) is 0 Å². The SMILES string of the molecule is O=[N+]([O-])O.[MgH2].[MgH2].[O-][Cl+3]([O-])([O-])O. The summed E-state index contributed by atoms with van der Waals surface area (Å²) in [5, 5.41) is 13.6. The van der Waals surface area contributed by atoms with Crippen molar-refractivity contribution >= 4 is 46.1 Å². The van der Waals surface area contributed by atoms with Crippen LogP contribution in [-0.2, 0) is 0 Å². The van der Waals surface area contributed by atoms with Crippen molar-refractivity contribution in [2.45, 2.75) is 0 Å². The van der Waals surface area contributed by atoms with Gasteiger partial charge >= 0.3 is 46.1 Å². The molecule has 0 amide bonds. The highest BCUT2D eigenvalue weighted by molar-refractivity contribution is 5.76. The summed E-state index contributed by atoms with van der Waals surface area (Å²) < 4.78 is 32.7. The van der Waals surface area contributed by atoms with Crippen molar-refractivity contribution in [1.82, 2.24) is 0 Å². The van der Waals surface area contributed by atoms with E-state index >= 15 is 0 Å². The quantitative estimate of drug-likeness (QED) is 0.232. The minimum Gasteiger partial charge on any atom is -0.328 e. The second-order valence-corrected chi connectivity index (χ2v) is 1.43. The molecule has 0 aliphatic rings. The summed E-state index contributed by atoms with van der Waals surface area (Å²) in [5.74, 6) is 0. The first-order chi connectivity index (χ1) is 3.73. The summed E-state index contributed by atoms with van der Waals surface area (Å²) in [6.07, 6.45) is 0. The van der Waals surface area contributed by atoms with Crippen LogP contribution in [-0.4, -0.2) is 61.1 Å². The van der Waals surface area contributed by atoms with Gasteiger partial charge in [0.15, 0.2) is 0 Å². The Bertz CT molecular complexity index is 78.9. The number of hydrogen-bond donors (Lipinski definition) is 2. The molecule has 0 atom stereocenters. The van der Waals surface area contributed by atoms with Crippen LogP contribution in [0.3, 0.4) is 0 Å². The molecule has 0 spiro atoms. The lowest BCUT2D eigenvalue weighted by molar-refractivity contribution is -1.92. The smallest absolute Gasteiger partial charge is 0.316 e. The van der Waals surface area contributed by atoms with Gasteiger partial charge in [-0.25, -0.2) is 0 Å². The van der Waals surface area contributed by atoms with Crippen molar-refractivity contribution in [3.8, 4) is 0 Å². The average molecular weight is 216 g/mol. The Morgan fingerprint density at radius 2 is 1.18 bits per heavy atom. The molecule has 0 aromatic rings. The van der Waals surface area contributed by atoms with Gasteiger partial charge in [0.25, 0.3) is 5.09 Å². The lowest BCUT2D eigenvalue weighted by Gasteiger charge is -2.03. The third-order valence-electron chi connectivity index (χ3n) is 0. The highest BCUT2D eigenvalue weighted by atomic mass is 35.7. The Labute approximate surface area is 95.0 Å². The molecule has 11 heteroatoms. The molecule has 0 unspecified atom stereocenters. The summed E-state index contributed by atoms with van der Waals surface area (Å²) in [5.41, 5.74) is 0. The maximum atomic E-state index is 8.60. The minimum atomic E-state index is -4.69. The zero-order chi connectivity index (χ0) is 8.08. The molecule has 0 aliphatic heterocycles. The summed E-state index contributed by atoms with van der Waals surface area (Å²) in [4.78, 5) is 8.36. The molecule has 0 fully saturated rings. The standard InChI is InChI=1S/ClHO4.2Mg.HNO3.4H/c2-1(3,4)5;;;2-1(3)4;;;;/h(H,2,3,4,5);;;(H,2,3,4);;;;. The Morgan fingerprint density at radius 3 is 1.18 bits per heavy atom. The first-order valence-corrected chi connectivity index (χ1v) is 2.46. The summed E-state index contributed by atoms with van der Waals surface area (Å²) >= 11 is 0. The maximum absolute atomic E-state index is 8.60. The molecule has 0 aliphatic carbocycles. The fourth-order valence-electron chi connectivity index (χ4n) is 0. The van der Waals surface area contributed by atoms with Crippen molar-refractivity contribution in [2.75, 3.05) is 0 Å². The summed E-state index contributed by atoms with van der Waals surface area (Å²) in [6.45, 7) is 0. The van der Waals surface area contributed by atoms with E-state index in [1.165, 1.54) is 0 Å². The van der Waals surface area contributed by atoms with Crippen LogP contribution in [0.4, 0.5) is 0 Å². The zero-order valence-corrected chi connectivity index (χ0v) is 4.52. The van der Waals surface area contributed by atoms with E-state index in [-0.39, 0.29) is 46.1 Å². The van der Waals surface area contributed by atoms with Gasteiger partial charge in [0.05, 0.1) is 14.9 Å². The highest BCUT2D eigenvalue weighted by Crippen LogP contribution is 1.60. The fraction of sp³-hybridized carbons (Fsp3) is 0. The molecule has 0 bridgehead atoms. The van der Waals surface area contributed by atoms with Crippen LogP contribution < -0.4 is 14.0 Å². The van der Waals surface area contributed by atoms with Gasteiger partial charge in [-0.15, -0.1) is 10.1 Å². The van der Waals surface area contributed by atoms with Crippen LogP contribution in [0, 0.1) is 20.4 Å². The van der Waals surface area contributed by atoms with Crippen LogP contribution >= 0.6 is 0 Å². The van der Waals surface area contributed by atoms with E-state index < -0.39 is 15.3 Å². The first-order valence-electron chi connectivity index (χ1n) is 1.20. The predicted molar refractivity (Wildman–Crippen MR) is 28.1 cm³/mol. The average Bonchev–Trinajstić information content (AvgIpc) is 1.19. The second-order valence-electron chi connectivity index (χ2n) is 0.634. The minimum absolute atomic E-state index is 0. The van der Waals surface area contributed by atoms with E-state index in [1.807, 2.05) is 0 Å². The maximum Gasteiger partial charge on any atom is 0.316 e. The van der Waals surface area contributed by atoms with Gasteiger partial charge in [0.1, 0.15) is 0 Å². The lowest BCUT2D eigenvalue weighted by atomic mass is 13.1. The molecule has 2 N–H and O–H groups in total. The molecule has 8 nitrogen and oxygen atoms in total. The van der Waals surface area contributed by atoms with Crippen molar-refractivity contribution < 1.29 is 39.2 Å². The molecule has 0 radical (unpaired) electrons. The van der Waals surface area contributed by atoms with Crippen LogP contribution in [0.2, 0.25) is 0 Å². The first kappa shape index (κ1) is 22.6. The van der Waals surface area contributed by atoms with Crippen LogP contribution in [0.15, 0.2) is 0 Å². The highest BCUT2D eigenvalue weighted by Gasteiger charge is 1.98. The van der Waals surface area contributed by atoms with E-state index in [2.05, 4.69) is 0 Å². The van der Waals surface area contributed by atoms with E-state index in [0.717, 1.165) is 0 Å². The Morgan fingerprint density at radius 1 is 1.18 bits per heavy atom. The molecule has 0 saturated carbocycles. The van der Waals surface area contributed by atoms with Gasteiger partial charge in [-0.3, -0.25) is 0 Å². The van der Waals surface area contributed by atoms with Crippen LogP contribution in [0.5, 0.6) is 0 Å². The van der Waals surface area contributed by atoms with Crippen molar-refractivity contribution in [1.29, 1.82) is 0 Å². The molecule has 64 valence electrons. The summed E-state index contributed by atoms with van der Waals surface area (Å²) in [7, 11) is -4.69. The molecular formula is H6ClMg2NO7. The van der Waals surface area contributed by atoms with E-state index in [0.29, 0.717) is 0 Å². The number of nitrogens with zero attached hydrogens (tertiary/aromatic N) is 1. The van der Waals surface area contributed by atoms with Crippen LogP contribution in [0.25, 0.3) is 0 Å². The predicted octanol–water partition coefficient (Wildman–Crippen LogP) is -6.30. The molecular weight excluding hydrogens is 210 g/mol. The molecule has 0 saturated heterocycles. The second kappa shape index (κ2) is 10.9. The number of hydrogen-bond acceptors (Lipinski definition) is 6. The van der Waals surface area contributed by atoms with Gasteiger partial charge in [0.2, 0.25) is 0 Å². The Kier molecular flexibility index (Phi) is 22.4. The molecule has 0 heterocycles. The molecule has 11 heavy (non-hydrogen) atoms. The number of rotatable bonds is 0. The summed E-state index contributed by atoms with van der Waals surface area (Å²) in [6, 6.07) is 0. The van der Waals surface area contributed by atoms with Crippen molar-refractivity contribution in [3.63, 3.8) is 0 Å². The van der Waals surface area contributed by atoms with Crippen molar-refractivity contribution in [3.05, 3.63) is 10.1 Å². The molecule has 0 aromatic heterocycles. The van der Waals surface area contributed by atoms with Crippen LogP contribution in [0.1, 0.15) is 0 Å². The van der Waals surface area contributed by atoms with Gasteiger partial charge in [-0.2, -0.15) is 14.0 Å². The largest absolute Gasteiger partial charge is 0.328 e. The third kappa shape index (κ3) is 1150. The van der Waals surface area contributed by atoms with Gasteiger partial charge < -0.3 is 5.21 Å². The lowest BCUT2D eigenvalue weighted by Crippen LogP contribution is -2.58. The Balaban J connectivity index is -0.0000000383. The normalized spacial score (nSPS) is 7.64. The Hall–Kier alpha value is 0.862. The molecule has 0 aromatic carbocycles. The monoisotopic (exact) mass is 215 g/mol. The molecule has 0 rings (SSSR count). The third-order valence-corrected chi connectivity index (χ3v) is 0. The topological polar surface area (TPSA) is 153 Å². The van der Waals surface area contributed by atoms with Gasteiger partial charge in [0, 0.05) is 0 Å². The van der Waals surface area contributed by atoms with E-state index in [4.69, 9.17) is 34.0 Å². The fourth-order valence-corrected chi connectivity index (χ4v) is 0. The van der Waals surface area contributed by atoms with E-state index in [1.54, 1.807) is 0 Å². The van der Waals surface area contributed by atoms with Gasteiger partial charge in [-0.1, -0.05) is 0 Å². The van der Waals surface area contributed by atoms with E-state index in [9.17, 15) is 0 Å².